The number of Topliss-reactive ketones (excluding diaryl/α,β-unsaturated/α-hetero) is 1. The Morgan fingerprint density at radius 2 is 1.30 bits per heavy atom. The molecule has 0 atom stereocenters. The van der Waals surface area contributed by atoms with Gasteiger partial charge in [-0.1, -0.05) is 78.9 Å². The Kier molecular flexibility index (Phi) is 5.96. The average Bonchev–Trinajstić information content (AvgIpc) is 2.72. The molecule has 3 aromatic carbocycles. The van der Waals surface area contributed by atoms with Crippen LogP contribution in [0.3, 0.4) is 0 Å². The fourth-order valence-corrected chi connectivity index (χ4v) is 3.61. The van der Waals surface area contributed by atoms with Gasteiger partial charge < -0.3 is 0 Å². The zero-order valence-corrected chi connectivity index (χ0v) is 15.4. The molecule has 3 aromatic rings. The smallest absolute Gasteiger partial charge is 0.240 e. The highest BCUT2D eigenvalue weighted by Gasteiger charge is 2.17. The number of carbonyl (C=O) groups is 1. The van der Waals surface area contributed by atoms with Crippen LogP contribution in [0.25, 0.3) is 6.08 Å². The van der Waals surface area contributed by atoms with Gasteiger partial charge in [0, 0.05) is 17.7 Å². The Labute approximate surface area is 159 Å². The SMILES string of the molecule is O=C(/C(=C/c1ccccc1)CNS(=O)(=O)c1ccccc1)c1ccccc1. The first kappa shape index (κ1) is 18.8. The number of nitrogens with one attached hydrogen (secondary N) is 1. The van der Waals surface area contributed by atoms with E-state index in [1.807, 2.05) is 36.4 Å². The first-order chi connectivity index (χ1) is 13.1. The molecule has 0 unspecified atom stereocenters. The van der Waals surface area contributed by atoms with E-state index in [0.29, 0.717) is 11.1 Å². The lowest BCUT2D eigenvalue weighted by Gasteiger charge is -2.10. The molecule has 0 saturated carbocycles. The molecule has 5 heteroatoms. The fraction of sp³-hybridized carbons (Fsp3) is 0.0455. The summed E-state index contributed by atoms with van der Waals surface area (Å²) in [5.41, 5.74) is 1.71. The molecule has 0 aromatic heterocycles. The van der Waals surface area contributed by atoms with Gasteiger partial charge >= 0.3 is 0 Å². The molecule has 0 saturated heterocycles. The van der Waals surface area contributed by atoms with E-state index in [9.17, 15) is 13.2 Å². The van der Waals surface area contributed by atoms with Gasteiger partial charge in [-0.05, 0) is 23.8 Å². The highest BCUT2D eigenvalue weighted by atomic mass is 32.2. The van der Waals surface area contributed by atoms with Gasteiger partial charge in [-0.2, -0.15) is 0 Å². The molecule has 3 rings (SSSR count). The van der Waals surface area contributed by atoms with Gasteiger partial charge in [0.05, 0.1) is 4.90 Å². The van der Waals surface area contributed by atoms with Crippen molar-refractivity contribution >= 4 is 21.9 Å². The molecule has 1 N–H and O–H groups in total. The van der Waals surface area contributed by atoms with Crippen LogP contribution in [0.2, 0.25) is 0 Å². The van der Waals surface area contributed by atoms with Gasteiger partial charge in [0.1, 0.15) is 0 Å². The van der Waals surface area contributed by atoms with E-state index in [-0.39, 0.29) is 17.2 Å². The predicted molar refractivity (Wildman–Crippen MR) is 107 cm³/mol. The van der Waals surface area contributed by atoms with Gasteiger partial charge in [0.2, 0.25) is 10.0 Å². The van der Waals surface area contributed by atoms with Crippen molar-refractivity contribution in [3.8, 4) is 0 Å². The van der Waals surface area contributed by atoms with Crippen LogP contribution in [0.4, 0.5) is 0 Å². The van der Waals surface area contributed by atoms with Crippen LogP contribution >= 0.6 is 0 Å². The maximum absolute atomic E-state index is 12.9. The first-order valence-electron chi connectivity index (χ1n) is 8.46. The van der Waals surface area contributed by atoms with Crippen LogP contribution in [-0.2, 0) is 10.0 Å². The molecule has 0 fully saturated rings. The van der Waals surface area contributed by atoms with Crippen LogP contribution in [0.5, 0.6) is 0 Å². The third-order valence-corrected chi connectivity index (χ3v) is 5.39. The number of carbonyl (C=O) groups excluding carboxylic acids is 1. The highest BCUT2D eigenvalue weighted by molar-refractivity contribution is 7.89. The van der Waals surface area contributed by atoms with Crippen molar-refractivity contribution < 1.29 is 13.2 Å². The zero-order chi connectivity index (χ0) is 19.1. The van der Waals surface area contributed by atoms with Crippen LogP contribution in [0.1, 0.15) is 15.9 Å². The normalized spacial score (nSPS) is 11.9. The van der Waals surface area contributed by atoms with Crippen molar-refractivity contribution in [1.29, 1.82) is 0 Å². The fourth-order valence-electron chi connectivity index (χ4n) is 2.58. The topological polar surface area (TPSA) is 63.2 Å². The van der Waals surface area contributed by atoms with E-state index >= 15 is 0 Å². The molecular weight excluding hydrogens is 358 g/mol. The van der Waals surface area contributed by atoms with E-state index in [1.54, 1.807) is 48.5 Å². The summed E-state index contributed by atoms with van der Waals surface area (Å²) in [6.07, 6.45) is 1.71. The van der Waals surface area contributed by atoms with Gasteiger partial charge in [-0.25, -0.2) is 13.1 Å². The molecule has 0 bridgehead atoms. The first-order valence-corrected chi connectivity index (χ1v) is 9.95. The van der Waals surface area contributed by atoms with Crippen LogP contribution in [-0.4, -0.2) is 20.7 Å². The molecule has 0 aliphatic rings. The molecule has 0 aliphatic heterocycles. The van der Waals surface area contributed by atoms with Crippen molar-refractivity contribution in [1.82, 2.24) is 4.72 Å². The predicted octanol–water partition coefficient (Wildman–Crippen LogP) is 3.93. The van der Waals surface area contributed by atoms with E-state index in [4.69, 9.17) is 0 Å². The Morgan fingerprint density at radius 1 is 0.778 bits per heavy atom. The van der Waals surface area contributed by atoms with Gasteiger partial charge in [-0.15, -0.1) is 0 Å². The maximum Gasteiger partial charge on any atom is 0.240 e. The molecular formula is C22H19NO3S. The molecule has 0 aliphatic carbocycles. The molecule has 0 amide bonds. The summed E-state index contributed by atoms with van der Waals surface area (Å²) < 4.78 is 27.5. The minimum absolute atomic E-state index is 0.0974. The van der Waals surface area contributed by atoms with Crippen molar-refractivity contribution in [2.45, 2.75) is 4.90 Å². The summed E-state index contributed by atoms with van der Waals surface area (Å²) in [7, 11) is -3.71. The Balaban J connectivity index is 1.89. The largest absolute Gasteiger partial charge is 0.289 e. The summed E-state index contributed by atoms with van der Waals surface area (Å²) >= 11 is 0. The van der Waals surface area contributed by atoms with E-state index in [0.717, 1.165) is 5.56 Å². The van der Waals surface area contributed by atoms with E-state index < -0.39 is 10.0 Å². The second kappa shape index (κ2) is 8.58. The molecule has 0 radical (unpaired) electrons. The average molecular weight is 377 g/mol. The van der Waals surface area contributed by atoms with Gasteiger partial charge in [-0.3, -0.25) is 4.79 Å². The summed E-state index contributed by atoms with van der Waals surface area (Å²) in [5.74, 6) is -0.213. The van der Waals surface area contributed by atoms with Crippen LogP contribution in [0.15, 0.2) is 101 Å². The lowest BCUT2D eigenvalue weighted by atomic mass is 10.0. The standard InChI is InChI=1S/C22H19NO3S/c24-22(19-12-6-2-7-13-19)20(16-18-10-4-1-5-11-18)17-23-27(25,26)21-14-8-3-9-15-21/h1-16,23H,17H2/b20-16+. The summed E-state index contributed by atoms with van der Waals surface area (Å²) in [6, 6.07) is 26.3. The zero-order valence-electron chi connectivity index (χ0n) is 14.6. The molecule has 136 valence electrons. The molecule has 4 nitrogen and oxygen atoms in total. The molecule has 0 spiro atoms. The Bertz CT molecular complexity index is 1030. The lowest BCUT2D eigenvalue weighted by molar-refractivity contribution is 0.103. The third-order valence-electron chi connectivity index (χ3n) is 3.97. The van der Waals surface area contributed by atoms with Gasteiger partial charge in [0.25, 0.3) is 0 Å². The van der Waals surface area contributed by atoms with Crippen LogP contribution in [0, 0.1) is 0 Å². The van der Waals surface area contributed by atoms with Crippen molar-refractivity contribution in [2.24, 2.45) is 0 Å². The molecule has 0 heterocycles. The number of benzene rings is 3. The van der Waals surface area contributed by atoms with Crippen molar-refractivity contribution in [3.63, 3.8) is 0 Å². The summed E-state index contributed by atoms with van der Waals surface area (Å²) in [5, 5.41) is 0. The highest BCUT2D eigenvalue weighted by Crippen LogP contribution is 2.14. The minimum atomic E-state index is -3.71. The third kappa shape index (κ3) is 5.00. The molecule has 27 heavy (non-hydrogen) atoms. The minimum Gasteiger partial charge on any atom is -0.289 e. The number of hydrogen-bond acceptors (Lipinski definition) is 3. The van der Waals surface area contributed by atoms with Gasteiger partial charge in [0.15, 0.2) is 5.78 Å². The quantitative estimate of drug-likeness (QED) is 0.501. The Morgan fingerprint density at radius 3 is 1.89 bits per heavy atom. The summed E-state index contributed by atoms with van der Waals surface area (Å²) in [4.78, 5) is 13.1. The monoisotopic (exact) mass is 377 g/mol. The van der Waals surface area contributed by atoms with E-state index in [1.165, 1.54) is 12.1 Å². The Hall–Kier alpha value is -3.02. The number of hydrogen-bond donors (Lipinski definition) is 1. The summed E-state index contributed by atoms with van der Waals surface area (Å²) in [6.45, 7) is -0.0974. The second-order valence-corrected chi connectivity index (χ2v) is 7.68. The van der Waals surface area contributed by atoms with E-state index in [2.05, 4.69) is 4.72 Å². The number of sulfonamides is 1. The van der Waals surface area contributed by atoms with Crippen molar-refractivity contribution in [2.75, 3.05) is 6.54 Å². The number of rotatable bonds is 7. The number of ketones is 1. The lowest BCUT2D eigenvalue weighted by Crippen LogP contribution is -2.28. The second-order valence-electron chi connectivity index (χ2n) is 5.91. The van der Waals surface area contributed by atoms with Crippen LogP contribution < -0.4 is 4.72 Å². The maximum atomic E-state index is 12.9. The van der Waals surface area contributed by atoms with Crippen molar-refractivity contribution in [3.05, 3.63) is 108 Å².